The Hall–Kier alpha value is -3.88. The highest BCUT2D eigenvalue weighted by molar-refractivity contribution is 6.24. The van der Waals surface area contributed by atoms with Gasteiger partial charge in [-0.2, -0.15) is 0 Å². The molecule has 212 valence electrons. The van der Waals surface area contributed by atoms with Gasteiger partial charge in [-0.1, -0.05) is 42.8 Å². The van der Waals surface area contributed by atoms with Crippen molar-refractivity contribution in [3.8, 4) is 0 Å². The molecule has 0 bridgehead atoms. The molecule has 3 aromatic rings. The maximum absolute atomic E-state index is 13.3. The minimum atomic E-state index is -0.742. The molecule has 3 aromatic carbocycles. The summed E-state index contributed by atoms with van der Waals surface area (Å²) in [6.45, 7) is 6.60. The van der Waals surface area contributed by atoms with E-state index in [0.717, 1.165) is 43.9 Å². The molecule has 1 unspecified atom stereocenters. The van der Waals surface area contributed by atoms with E-state index in [1.54, 1.807) is 6.07 Å². The van der Waals surface area contributed by atoms with E-state index in [0.29, 0.717) is 17.0 Å². The summed E-state index contributed by atoms with van der Waals surface area (Å²) in [6.07, 6.45) is 7.37. The van der Waals surface area contributed by atoms with Gasteiger partial charge in [0.25, 0.3) is 5.69 Å². The zero-order valence-corrected chi connectivity index (χ0v) is 23.4. The molecule has 0 aliphatic carbocycles. The molecule has 0 radical (unpaired) electrons. The molecule has 41 heavy (non-hydrogen) atoms. The van der Waals surface area contributed by atoms with Gasteiger partial charge in [-0.3, -0.25) is 24.8 Å². The van der Waals surface area contributed by atoms with Crippen molar-refractivity contribution in [3.63, 3.8) is 0 Å². The van der Waals surface area contributed by atoms with E-state index in [9.17, 15) is 14.9 Å². The first-order valence-corrected chi connectivity index (χ1v) is 14.8. The first kappa shape index (κ1) is 27.3. The van der Waals surface area contributed by atoms with E-state index in [1.165, 1.54) is 68.5 Å². The van der Waals surface area contributed by atoms with Crippen LogP contribution >= 0.6 is 0 Å². The lowest BCUT2D eigenvalue weighted by atomic mass is 9.90. The van der Waals surface area contributed by atoms with Crippen LogP contribution in [0.2, 0.25) is 0 Å². The van der Waals surface area contributed by atoms with Crippen molar-refractivity contribution in [2.24, 2.45) is 4.99 Å². The van der Waals surface area contributed by atoms with Gasteiger partial charge in [0, 0.05) is 36.5 Å². The molecule has 2 saturated heterocycles. The summed E-state index contributed by atoms with van der Waals surface area (Å²) in [5.74, 6) is -0.965. The number of nitro groups is 1. The van der Waals surface area contributed by atoms with E-state index in [1.807, 2.05) is 24.3 Å². The third-order valence-electron chi connectivity index (χ3n) is 8.56. The summed E-state index contributed by atoms with van der Waals surface area (Å²) in [5, 5.41) is 14.5. The summed E-state index contributed by atoms with van der Waals surface area (Å²) in [4.78, 5) is 34.5. The first-order valence-electron chi connectivity index (χ1n) is 14.8. The minimum absolute atomic E-state index is 0.0380. The number of non-ortho nitro benzene ring substituents is 1. The molecule has 3 aliphatic heterocycles. The molecule has 8 heteroatoms. The number of likely N-dealkylation sites (tertiary alicyclic amines) is 2. The second-order valence-electron chi connectivity index (χ2n) is 11.4. The number of anilines is 1. The molecule has 8 nitrogen and oxygen atoms in total. The van der Waals surface area contributed by atoms with Gasteiger partial charge >= 0.3 is 0 Å². The van der Waals surface area contributed by atoms with Crippen LogP contribution in [0.1, 0.15) is 60.3 Å². The predicted octanol–water partition coefficient (Wildman–Crippen LogP) is 6.08. The Balaban J connectivity index is 1.30. The quantitative estimate of drug-likeness (QED) is 0.198. The van der Waals surface area contributed by atoms with Crippen LogP contribution in [0, 0.1) is 10.1 Å². The Morgan fingerprint density at radius 1 is 0.854 bits per heavy atom. The number of carbonyl (C=O) groups excluding carboxylic acids is 1. The fourth-order valence-electron chi connectivity index (χ4n) is 6.26. The predicted molar refractivity (Wildman–Crippen MR) is 162 cm³/mol. The van der Waals surface area contributed by atoms with E-state index < -0.39 is 10.8 Å². The Morgan fingerprint density at radius 2 is 1.51 bits per heavy atom. The topological polar surface area (TPSA) is 91.1 Å². The lowest BCUT2D eigenvalue weighted by Crippen LogP contribution is -2.31. The number of benzene rings is 3. The number of piperidine rings is 1. The molecular formula is C33H37N5O3. The smallest absolute Gasteiger partial charge is 0.269 e. The second kappa shape index (κ2) is 12.3. The van der Waals surface area contributed by atoms with Gasteiger partial charge in [0.2, 0.25) is 5.91 Å². The number of nitro benzene ring substituents is 1. The van der Waals surface area contributed by atoms with Crippen LogP contribution in [-0.4, -0.2) is 59.1 Å². The van der Waals surface area contributed by atoms with Gasteiger partial charge in [-0.05, 0) is 93.2 Å². The van der Waals surface area contributed by atoms with Crippen LogP contribution in [0.3, 0.4) is 0 Å². The van der Waals surface area contributed by atoms with Gasteiger partial charge in [-0.15, -0.1) is 0 Å². The summed E-state index contributed by atoms with van der Waals surface area (Å²) < 4.78 is 0. The number of hydrogen-bond acceptors (Lipinski definition) is 6. The number of rotatable bonds is 9. The summed E-state index contributed by atoms with van der Waals surface area (Å²) in [7, 11) is 0. The van der Waals surface area contributed by atoms with Gasteiger partial charge in [0.1, 0.15) is 5.92 Å². The van der Waals surface area contributed by atoms with E-state index in [2.05, 4.69) is 39.4 Å². The second-order valence-corrected chi connectivity index (χ2v) is 11.4. The average Bonchev–Trinajstić information content (AvgIpc) is 3.63. The normalized spacial score (nSPS) is 19.8. The molecule has 0 spiro atoms. The number of nitrogens with one attached hydrogen (secondary N) is 1. The molecule has 2 fully saturated rings. The lowest BCUT2D eigenvalue weighted by Gasteiger charge is -2.26. The highest BCUT2D eigenvalue weighted by Gasteiger charge is 2.36. The molecule has 0 saturated carbocycles. The Bertz CT molecular complexity index is 1420. The molecule has 1 N–H and O–H groups in total. The van der Waals surface area contributed by atoms with Crippen molar-refractivity contribution >= 4 is 28.7 Å². The highest BCUT2D eigenvalue weighted by atomic mass is 16.6. The SMILES string of the molecule is O=C1Nc2ccc([N+](=O)[O-])cc2C1C(=Nc1ccc(CN2CCCC2)cc1)c1ccc(CCN2CCCCC2)cc1. The zero-order valence-electron chi connectivity index (χ0n) is 23.4. The highest BCUT2D eigenvalue weighted by Crippen LogP contribution is 2.38. The van der Waals surface area contributed by atoms with Crippen molar-refractivity contribution in [1.29, 1.82) is 0 Å². The number of aliphatic imine (C=N–C) groups is 1. The minimum Gasteiger partial charge on any atom is -0.325 e. The number of amides is 1. The van der Waals surface area contributed by atoms with Crippen LogP contribution in [0.15, 0.2) is 71.7 Å². The number of hydrogen-bond donors (Lipinski definition) is 1. The Kier molecular flexibility index (Phi) is 8.21. The van der Waals surface area contributed by atoms with Crippen LogP contribution < -0.4 is 5.32 Å². The maximum atomic E-state index is 13.3. The third kappa shape index (κ3) is 6.39. The number of carbonyl (C=O) groups is 1. The van der Waals surface area contributed by atoms with E-state index >= 15 is 0 Å². The third-order valence-corrected chi connectivity index (χ3v) is 8.56. The molecule has 0 aromatic heterocycles. The summed E-state index contributed by atoms with van der Waals surface area (Å²) in [6, 6.07) is 21.1. The molecule has 3 aliphatic rings. The van der Waals surface area contributed by atoms with Crippen LogP contribution in [0.5, 0.6) is 0 Å². The maximum Gasteiger partial charge on any atom is 0.269 e. The fourth-order valence-corrected chi connectivity index (χ4v) is 6.26. The standard InChI is InChI=1S/C33H37N5O3/c39-33-31(29-22-28(38(40)41)14-15-30(29)35-33)32(34-27-12-8-25(9-13-27)23-37-19-4-5-20-37)26-10-6-24(7-11-26)16-21-36-17-2-1-3-18-36/h6-15,22,31H,1-5,16-21,23H2,(H,35,39). The number of nitrogens with zero attached hydrogens (tertiary/aromatic N) is 4. The number of fused-ring (bicyclic) bond motifs is 1. The fraction of sp³-hybridized carbons (Fsp3) is 0.394. The van der Waals surface area contributed by atoms with E-state index in [-0.39, 0.29) is 11.6 Å². The van der Waals surface area contributed by atoms with Gasteiger partial charge in [-0.25, -0.2) is 0 Å². The average molecular weight is 552 g/mol. The van der Waals surface area contributed by atoms with Crippen LogP contribution in [-0.2, 0) is 17.8 Å². The van der Waals surface area contributed by atoms with Crippen molar-refractivity contribution in [2.75, 3.05) is 38.0 Å². The first-order chi connectivity index (χ1) is 20.0. The molecule has 1 amide bonds. The molecule has 3 heterocycles. The monoisotopic (exact) mass is 551 g/mol. The van der Waals surface area contributed by atoms with Crippen LogP contribution in [0.4, 0.5) is 17.1 Å². The summed E-state index contributed by atoms with van der Waals surface area (Å²) >= 11 is 0. The lowest BCUT2D eigenvalue weighted by molar-refractivity contribution is -0.384. The van der Waals surface area contributed by atoms with Gasteiger partial charge < -0.3 is 10.2 Å². The molecule has 6 rings (SSSR count). The molecular weight excluding hydrogens is 514 g/mol. The Morgan fingerprint density at radius 3 is 2.22 bits per heavy atom. The van der Waals surface area contributed by atoms with Gasteiger partial charge in [0.05, 0.1) is 16.3 Å². The van der Waals surface area contributed by atoms with Crippen molar-refractivity contribution in [2.45, 2.75) is 51.0 Å². The van der Waals surface area contributed by atoms with Crippen molar-refractivity contribution in [1.82, 2.24) is 9.80 Å². The summed E-state index contributed by atoms with van der Waals surface area (Å²) in [5.41, 5.74) is 5.82. The van der Waals surface area contributed by atoms with Crippen molar-refractivity contribution < 1.29 is 9.72 Å². The van der Waals surface area contributed by atoms with E-state index in [4.69, 9.17) is 4.99 Å². The molecule has 1 atom stereocenters. The Labute approximate surface area is 241 Å². The van der Waals surface area contributed by atoms with Crippen molar-refractivity contribution in [3.05, 3.63) is 99.1 Å². The van der Waals surface area contributed by atoms with Crippen LogP contribution in [0.25, 0.3) is 0 Å². The zero-order chi connectivity index (χ0) is 28.2. The van der Waals surface area contributed by atoms with Gasteiger partial charge in [0.15, 0.2) is 0 Å². The largest absolute Gasteiger partial charge is 0.325 e.